The van der Waals surface area contributed by atoms with Crippen molar-refractivity contribution in [3.05, 3.63) is 35.4 Å². The maximum Gasteiger partial charge on any atom is 0.416 e. The van der Waals surface area contributed by atoms with Crippen LogP contribution in [0.5, 0.6) is 0 Å². The second-order valence-electron chi connectivity index (χ2n) is 4.38. The zero-order valence-corrected chi connectivity index (χ0v) is 10.7. The fourth-order valence-electron chi connectivity index (χ4n) is 1.85. The fraction of sp³-hybridized carbons (Fsp3) is 0.538. The van der Waals surface area contributed by atoms with Gasteiger partial charge in [0.25, 0.3) is 0 Å². The van der Waals surface area contributed by atoms with Gasteiger partial charge in [-0.2, -0.15) is 13.2 Å². The number of hydrogen-bond acceptors (Lipinski definition) is 3. The SMILES string of the molecule is COCCC(N)CC(O)c1ccccc1C(F)(F)F. The first-order valence-corrected chi connectivity index (χ1v) is 5.95. The van der Waals surface area contributed by atoms with Crippen LogP contribution in [0.25, 0.3) is 0 Å². The van der Waals surface area contributed by atoms with Gasteiger partial charge in [-0.1, -0.05) is 18.2 Å². The molecular weight excluding hydrogens is 259 g/mol. The quantitative estimate of drug-likeness (QED) is 0.840. The summed E-state index contributed by atoms with van der Waals surface area (Å²) in [5.74, 6) is 0. The molecule has 0 bridgehead atoms. The predicted molar refractivity (Wildman–Crippen MR) is 65.5 cm³/mol. The van der Waals surface area contributed by atoms with E-state index in [-0.39, 0.29) is 12.0 Å². The van der Waals surface area contributed by atoms with Gasteiger partial charge >= 0.3 is 6.18 Å². The van der Waals surface area contributed by atoms with Gasteiger partial charge in [0.15, 0.2) is 0 Å². The predicted octanol–water partition coefficient (Wildman–Crippen LogP) is 2.49. The molecule has 1 aromatic rings. The normalized spacial score (nSPS) is 15.3. The maximum atomic E-state index is 12.8. The number of aliphatic hydroxyl groups excluding tert-OH is 1. The number of rotatable bonds is 6. The van der Waals surface area contributed by atoms with Crippen molar-refractivity contribution in [3.63, 3.8) is 0 Å². The minimum atomic E-state index is -4.48. The summed E-state index contributed by atoms with van der Waals surface area (Å²) < 4.78 is 43.2. The number of aliphatic hydroxyl groups is 1. The van der Waals surface area contributed by atoms with Crippen molar-refractivity contribution in [3.8, 4) is 0 Å². The van der Waals surface area contributed by atoms with Crippen molar-refractivity contribution in [2.75, 3.05) is 13.7 Å². The zero-order valence-electron chi connectivity index (χ0n) is 10.7. The lowest BCUT2D eigenvalue weighted by Gasteiger charge is -2.20. The van der Waals surface area contributed by atoms with Crippen molar-refractivity contribution in [2.45, 2.75) is 31.2 Å². The summed E-state index contributed by atoms with van der Waals surface area (Å²) in [6.45, 7) is 0.412. The van der Waals surface area contributed by atoms with E-state index in [9.17, 15) is 18.3 Å². The summed E-state index contributed by atoms with van der Waals surface area (Å²) >= 11 is 0. The van der Waals surface area contributed by atoms with Crippen molar-refractivity contribution in [2.24, 2.45) is 5.73 Å². The highest BCUT2D eigenvalue weighted by Crippen LogP contribution is 2.35. The number of methoxy groups -OCH3 is 1. The molecule has 0 saturated heterocycles. The molecule has 0 radical (unpaired) electrons. The standard InChI is InChI=1S/C13H18F3NO2/c1-19-7-6-9(17)8-12(18)10-4-2-3-5-11(10)13(14,15)16/h2-5,9,12,18H,6-8,17H2,1H3. The molecule has 19 heavy (non-hydrogen) atoms. The number of alkyl halides is 3. The monoisotopic (exact) mass is 277 g/mol. The molecule has 0 heterocycles. The number of ether oxygens (including phenoxy) is 1. The lowest BCUT2D eigenvalue weighted by atomic mass is 9.96. The molecule has 0 saturated carbocycles. The van der Waals surface area contributed by atoms with Crippen LogP contribution in [0.3, 0.4) is 0 Å². The minimum Gasteiger partial charge on any atom is -0.388 e. The van der Waals surface area contributed by atoms with Gasteiger partial charge in [-0.3, -0.25) is 0 Å². The summed E-state index contributed by atoms with van der Waals surface area (Å²) in [5.41, 5.74) is 4.78. The van der Waals surface area contributed by atoms with E-state index in [1.54, 1.807) is 0 Å². The summed E-state index contributed by atoms with van der Waals surface area (Å²) in [4.78, 5) is 0. The van der Waals surface area contributed by atoms with Crippen LogP contribution in [-0.4, -0.2) is 24.9 Å². The van der Waals surface area contributed by atoms with E-state index in [1.165, 1.54) is 25.3 Å². The second-order valence-corrected chi connectivity index (χ2v) is 4.38. The van der Waals surface area contributed by atoms with E-state index in [2.05, 4.69) is 0 Å². The molecule has 0 amide bonds. The van der Waals surface area contributed by atoms with Crippen LogP contribution in [0.4, 0.5) is 13.2 Å². The summed E-state index contributed by atoms with van der Waals surface area (Å²) in [6.07, 6.45) is -5.16. The molecule has 0 fully saturated rings. The number of nitrogens with two attached hydrogens (primary N) is 1. The summed E-state index contributed by atoms with van der Waals surface area (Å²) in [6, 6.07) is 4.59. The molecule has 3 N–H and O–H groups in total. The average molecular weight is 277 g/mol. The Hall–Kier alpha value is -1.11. The van der Waals surface area contributed by atoms with Crippen molar-refractivity contribution < 1.29 is 23.0 Å². The summed E-state index contributed by atoms with van der Waals surface area (Å²) in [5, 5.41) is 9.91. The third kappa shape index (κ3) is 4.81. The van der Waals surface area contributed by atoms with Crippen LogP contribution in [0.1, 0.15) is 30.1 Å². The lowest BCUT2D eigenvalue weighted by molar-refractivity contribution is -0.139. The van der Waals surface area contributed by atoms with E-state index in [1.807, 2.05) is 0 Å². The Labute approximate surface area is 110 Å². The smallest absolute Gasteiger partial charge is 0.388 e. The molecule has 2 atom stereocenters. The largest absolute Gasteiger partial charge is 0.416 e. The lowest BCUT2D eigenvalue weighted by Crippen LogP contribution is -2.25. The van der Waals surface area contributed by atoms with Gasteiger partial charge in [-0.25, -0.2) is 0 Å². The van der Waals surface area contributed by atoms with Crippen LogP contribution in [-0.2, 0) is 10.9 Å². The molecule has 6 heteroatoms. The van der Waals surface area contributed by atoms with E-state index < -0.39 is 23.9 Å². The van der Waals surface area contributed by atoms with Gasteiger partial charge in [0.2, 0.25) is 0 Å². The molecule has 3 nitrogen and oxygen atoms in total. The third-order valence-electron chi connectivity index (χ3n) is 2.84. The first-order chi connectivity index (χ1) is 8.86. The highest BCUT2D eigenvalue weighted by Gasteiger charge is 2.34. The van der Waals surface area contributed by atoms with E-state index in [0.717, 1.165) is 6.07 Å². The molecule has 1 aromatic carbocycles. The van der Waals surface area contributed by atoms with Crippen molar-refractivity contribution in [1.82, 2.24) is 0 Å². The van der Waals surface area contributed by atoms with Crippen LogP contribution in [0.15, 0.2) is 24.3 Å². The number of halogens is 3. The Kier molecular flexibility index (Phi) is 5.78. The van der Waals surface area contributed by atoms with Gasteiger partial charge in [0.1, 0.15) is 0 Å². The zero-order chi connectivity index (χ0) is 14.5. The minimum absolute atomic E-state index is 0.0659. The number of benzene rings is 1. The molecule has 0 aliphatic rings. The van der Waals surface area contributed by atoms with E-state index >= 15 is 0 Å². The first-order valence-electron chi connectivity index (χ1n) is 5.95. The highest BCUT2D eigenvalue weighted by atomic mass is 19.4. The topological polar surface area (TPSA) is 55.5 Å². The Morgan fingerprint density at radius 2 is 1.95 bits per heavy atom. The Balaban J connectivity index is 2.79. The molecule has 0 spiro atoms. The van der Waals surface area contributed by atoms with Gasteiger partial charge < -0.3 is 15.6 Å². The molecular formula is C13H18F3NO2. The molecule has 0 aromatic heterocycles. The highest BCUT2D eigenvalue weighted by molar-refractivity contribution is 5.31. The number of hydrogen-bond donors (Lipinski definition) is 2. The maximum absolute atomic E-state index is 12.8. The van der Waals surface area contributed by atoms with Crippen molar-refractivity contribution >= 4 is 0 Å². The van der Waals surface area contributed by atoms with Gasteiger partial charge in [0.05, 0.1) is 11.7 Å². The fourth-order valence-corrected chi connectivity index (χ4v) is 1.85. The Bertz CT molecular complexity index is 396. The van der Waals surface area contributed by atoms with Crippen LogP contribution in [0, 0.1) is 0 Å². The third-order valence-corrected chi connectivity index (χ3v) is 2.84. The van der Waals surface area contributed by atoms with Crippen LogP contribution >= 0.6 is 0 Å². The molecule has 0 aliphatic carbocycles. The van der Waals surface area contributed by atoms with Crippen LogP contribution in [0.2, 0.25) is 0 Å². The Morgan fingerprint density at radius 3 is 2.53 bits per heavy atom. The van der Waals surface area contributed by atoms with Crippen LogP contribution < -0.4 is 5.73 Å². The molecule has 0 aliphatic heterocycles. The van der Waals surface area contributed by atoms with Gasteiger partial charge in [-0.15, -0.1) is 0 Å². The molecule has 108 valence electrons. The summed E-state index contributed by atoms with van der Waals surface area (Å²) in [7, 11) is 1.52. The molecule has 1 rings (SSSR count). The molecule has 2 unspecified atom stereocenters. The van der Waals surface area contributed by atoms with E-state index in [4.69, 9.17) is 10.5 Å². The first kappa shape index (κ1) is 15.9. The average Bonchev–Trinajstić information content (AvgIpc) is 2.35. The van der Waals surface area contributed by atoms with E-state index in [0.29, 0.717) is 13.0 Å². The second kappa shape index (κ2) is 6.88. The van der Waals surface area contributed by atoms with Gasteiger partial charge in [-0.05, 0) is 24.5 Å². The Morgan fingerprint density at radius 1 is 1.32 bits per heavy atom. The van der Waals surface area contributed by atoms with Gasteiger partial charge in [0, 0.05) is 19.8 Å². The van der Waals surface area contributed by atoms with Crippen molar-refractivity contribution in [1.29, 1.82) is 0 Å².